The highest BCUT2D eigenvalue weighted by Crippen LogP contribution is 2.35. The molecule has 1 fully saturated rings. The maximum Gasteiger partial charge on any atom is 0.330 e. The number of ether oxygens (including phenoxy) is 1. The van der Waals surface area contributed by atoms with E-state index in [2.05, 4.69) is 16.3 Å². The molecule has 0 aromatic heterocycles. The van der Waals surface area contributed by atoms with Gasteiger partial charge in [0.15, 0.2) is 0 Å². The van der Waals surface area contributed by atoms with Crippen molar-refractivity contribution in [3.05, 3.63) is 48.0 Å². The molecular weight excluding hydrogens is 328 g/mol. The van der Waals surface area contributed by atoms with Crippen LogP contribution in [0.25, 0.3) is 0 Å². The van der Waals surface area contributed by atoms with Crippen molar-refractivity contribution in [2.75, 3.05) is 12.9 Å². The van der Waals surface area contributed by atoms with E-state index in [9.17, 15) is 13.2 Å². The first-order chi connectivity index (χ1) is 11.5. The van der Waals surface area contributed by atoms with Crippen LogP contribution in [0.3, 0.4) is 0 Å². The van der Waals surface area contributed by atoms with Gasteiger partial charge in [0.25, 0.3) is 10.1 Å². The number of hydrogen-bond donors (Lipinski definition) is 0. The SMILES string of the molecule is CS(=O)(=O)OCC/C=C/C(=O)O[C@@H]1CCCC[C@H]1c1ccccc1. The fourth-order valence-corrected chi connectivity index (χ4v) is 3.35. The molecule has 132 valence electrons. The first kappa shape index (κ1) is 18.7. The van der Waals surface area contributed by atoms with Crippen molar-refractivity contribution in [2.24, 2.45) is 0 Å². The summed E-state index contributed by atoms with van der Waals surface area (Å²) in [6, 6.07) is 10.1. The predicted octanol–water partition coefficient (Wildman–Crippen LogP) is 3.18. The fourth-order valence-electron chi connectivity index (χ4n) is 2.96. The quantitative estimate of drug-likeness (QED) is 0.326. The van der Waals surface area contributed by atoms with Gasteiger partial charge in [0.1, 0.15) is 6.10 Å². The Morgan fingerprint density at radius 3 is 2.62 bits per heavy atom. The van der Waals surface area contributed by atoms with E-state index in [0.29, 0.717) is 6.42 Å². The first-order valence-electron chi connectivity index (χ1n) is 8.22. The Bertz CT molecular complexity index is 651. The maximum atomic E-state index is 12.0. The summed E-state index contributed by atoms with van der Waals surface area (Å²) in [4.78, 5) is 12.0. The maximum absolute atomic E-state index is 12.0. The Morgan fingerprint density at radius 2 is 1.92 bits per heavy atom. The van der Waals surface area contributed by atoms with Gasteiger partial charge in [-0.15, -0.1) is 0 Å². The molecule has 0 N–H and O–H groups in total. The van der Waals surface area contributed by atoms with Gasteiger partial charge in [-0.2, -0.15) is 8.42 Å². The molecule has 0 spiro atoms. The van der Waals surface area contributed by atoms with Crippen LogP contribution in [0.15, 0.2) is 42.5 Å². The Balaban J connectivity index is 1.85. The van der Waals surface area contributed by atoms with Crippen LogP contribution in [0.2, 0.25) is 0 Å². The number of carbonyl (C=O) groups is 1. The van der Waals surface area contributed by atoms with Crippen molar-refractivity contribution in [3.63, 3.8) is 0 Å². The van der Waals surface area contributed by atoms with Crippen LogP contribution in [-0.4, -0.2) is 33.4 Å². The minimum Gasteiger partial charge on any atom is -0.459 e. The summed E-state index contributed by atoms with van der Waals surface area (Å²) in [7, 11) is -3.44. The van der Waals surface area contributed by atoms with Gasteiger partial charge < -0.3 is 4.74 Å². The van der Waals surface area contributed by atoms with Crippen molar-refractivity contribution in [1.29, 1.82) is 0 Å². The lowest BCUT2D eigenvalue weighted by Gasteiger charge is -2.31. The smallest absolute Gasteiger partial charge is 0.330 e. The van der Waals surface area contributed by atoms with Crippen molar-refractivity contribution in [2.45, 2.75) is 44.1 Å². The molecule has 0 saturated heterocycles. The first-order valence-corrected chi connectivity index (χ1v) is 10.0. The normalized spacial score (nSPS) is 21.7. The highest BCUT2D eigenvalue weighted by molar-refractivity contribution is 7.85. The molecule has 1 aromatic rings. The molecular formula is C18H24O5S. The van der Waals surface area contributed by atoms with E-state index >= 15 is 0 Å². The third kappa shape index (κ3) is 6.45. The van der Waals surface area contributed by atoms with E-state index in [1.807, 2.05) is 18.2 Å². The third-order valence-corrected chi connectivity index (χ3v) is 4.63. The van der Waals surface area contributed by atoms with Gasteiger partial charge in [-0.05, 0) is 31.2 Å². The van der Waals surface area contributed by atoms with Gasteiger partial charge in [0.2, 0.25) is 0 Å². The number of carbonyl (C=O) groups excluding carboxylic acids is 1. The van der Waals surface area contributed by atoms with Crippen LogP contribution in [0, 0.1) is 0 Å². The molecule has 5 nitrogen and oxygen atoms in total. The molecule has 2 rings (SSSR count). The zero-order valence-electron chi connectivity index (χ0n) is 13.9. The van der Waals surface area contributed by atoms with Crippen LogP contribution < -0.4 is 0 Å². The molecule has 0 radical (unpaired) electrons. The van der Waals surface area contributed by atoms with Gasteiger partial charge in [-0.25, -0.2) is 4.79 Å². The zero-order valence-corrected chi connectivity index (χ0v) is 14.7. The van der Waals surface area contributed by atoms with E-state index in [-0.39, 0.29) is 24.6 Å². The van der Waals surface area contributed by atoms with Gasteiger partial charge in [-0.1, -0.05) is 42.8 Å². The van der Waals surface area contributed by atoms with Crippen LogP contribution in [0.1, 0.15) is 43.6 Å². The summed E-state index contributed by atoms with van der Waals surface area (Å²) < 4.78 is 31.9. The summed E-state index contributed by atoms with van der Waals surface area (Å²) in [5.41, 5.74) is 1.21. The van der Waals surface area contributed by atoms with Crippen LogP contribution in [0.5, 0.6) is 0 Å². The lowest BCUT2D eigenvalue weighted by molar-refractivity contribution is -0.145. The van der Waals surface area contributed by atoms with Crippen molar-refractivity contribution in [1.82, 2.24) is 0 Å². The predicted molar refractivity (Wildman–Crippen MR) is 92.1 cm³/mol. The molecule has 0 unspecified atom stereocenters. The van der Waals surface area contributed by atoms with Crippen LogP contribution in [0.4, 0.5) is 0 Å². The number of hydrogen-bond acceptors (Lipinski definition) is 5. The van der Waals surface area contributed by atoms with E-state index < -0.39 is 10.1 Å². The summed E-state index contributed by atoms with van der Waals surface area (Å²) >= 11 is 0. The van der Waals surface area contributed by atoms with Crippen molar-refractivity contribution in [3.8, 4) is 0 Å². The summed E-state index contributed by atoms with van der Waals surface area (Å²) in [5.74, 6) is -0.145. The van der Waals surface area contributed by atoms with Gasteiger partial charge >= 0.3 is 5.97 Å². The van der Waals surface area contributed by atoms with Gasteiger partial charge in [0.05, 0.1) is 12.9 Å². The van der Waals surface area contributed by atoms with Crippen molar-refractivity contribution < 1.29 is 22.1 Å². The molecule has 0 bridgehead atoms. The molecule has 2 atom stereocenters. The molecule has 0 aliphatic heterocycles. The molecule has 24 heavy (non-hydrogen) atoms. The lowest BCUT2D eigenvalue weighted by Crippen LogP contribution is -2.28. The minimum absolute atomic E-state index is 0.0265. The Labute approximate surface area is 143 Å². The zero-order chi connectivity index (χ0) is 17.4. The molecule has 0 heterocycles. The highest BCUT2D eigenvalue weighted by Gasteiger charge is 2.28. The van der Waals surface area contributed by atoms with Crippen LogP contribution >= 0.6 is 0 Å². The Kier molecular flexibility index (Phi) is 6.99. The summed E-state index contributed by atoms with van der Waals surface area (Å²) in [5, 5.41) is 0. The molecule has 6 heteroatoms. The lowest BCUT2D eigenvalue weighted by atomic mass is 9.81. The number of rotatable bonds is 7. The third-order valence-electron chi connectivity index (χ3n) is 4.03. The topological polar surface area (TPSA) is 69.7 Å². The summed E-state index contributed by atoms with van der Waals surface area (Å²) in [6.45, 7) is 0.0265. The van der Waals surface area contributed by atoms with E-state index in [4.69, 9.17) is 4.74 Å². The summed E-state index contributed by atoms with van der Waals surface area (Å²) in [6.07, 6.45) is 8.26. The standard InChI is InChI=1S/C18H24O5S/c1-24(20,21)22-14-8-7-13-18(19)23-17-12-6-5-11-16(17)15-9-3-2-4-10-15/h2-4,7,9-10,13,16-17H,5-6,8,11-12,14H2,1H3/b13-7+/t16-,17+/m0/s1. The van der Waals surface area contributed by atoms with Gasteiger partial charge in [0, 0.05) is 12.0 Å². The second-order valence-corrected chi connectivity index (χ2v) is 7.64. The van der Waals surface area contributed by atoms with E-state index in [0.717, 1.165) is 31.9 Å². The molecule has 1 saturated carbocycles. The second kappa shape index (κ2) is 8.99. The van der Waals surface area contributed by atoms with E-state index in [1.165, 1.54) is 11.6 Å². The average Bonchev–Trinajstić information content (AvgIpc) is 2.55. The van der Waals surface area contributed by atoms with Crippen molar-refractivity contribution >= 4 is 16.1 Å². The number of benzene rings is 1. The minimum atomic E-state index is -3.44. The Morgan fingerprint density at radius 1 is 1.21 bits per heavy atom. The molecule has 1 aromatic carbocycles. The van der Waals surface area contributed by atoms with Crippen LogP contribution in [-0.2, 0) is 23.8 Å². The average molecular weight is 352 g/mol. The molecule has 0 amide bonds. The van der Waals surface area contributed by atoms with E-state index in [1.54, 1.807) is 6.08 Å². The highest BCUT2D eigenvalue weighted by atomic mass is 32.2. The Hall–Kier alpha value is -1.66. The monoisotopic (exact) mass is 352 g/mol. The largest absolute Gasteiger partial charge is 0.459 e. The molecule has 1 aliphatic rings. The fraction of sp³-hybridized carbons (Fsp3) is 0.500. The molecule has 1 aliphatic carbocycles. The number of esters is 1. The second-order valence-electron chi connectivity index (χ2n) is 5.99. The van der Waals surface area contributed by atoms with Gasteiger partial charge in [-0.3, -0.25) is 4.18 Å².